The first-order chi connectivity index (χ1) is 33.4. The van der Waals surface area contributed by atoms with Crippen molar-refractivity contribution in [3.8, 4) is 17.6 Å². The maximum Gasteiger partial charge on any atom is 0.333 e. The van der Waals surface area contributed by atoms with Crippen molar-refractivity contribution in [2.45, 2.75) is 114 Å². The van der Waals surface area contributed by atoms with Crippen molar-refractivity contribution in [1.82, 2.24) is 19.1 Å². The standard InChI is InChI=1S/C50H62N5O13PSi/c1-32-28-54(47(58)52-45(32)56)43-26-39(41(65-43)30-62-50(34-14-11-10-12-15-34,35-16-20-37(60-6)21-17-35)36-18-22-38(61-7)23-19-36)67-69(63-25-13-24-51)64-31-42-40(68-70(8,9)49(3,4)5)27-44(66-42)55-29-33(2)46(57)53-48(55)59/h10-12,14-23,28-29,39-44H,13,25-27,30-31H2,1-9H3,(H,52,56,58)(H,53,57,59)/t39-,40-,41+,42+,43+,44+,69-/m0/s1. The van der Waals surface area contributed by atoms with Gasteiger partial charge in [-0.25, -0.2) is 9.59 Å². The summed E-state index contributed by atoms with van der Waals surface area (Å²) in [7, 11) is -1.50. The van der Waals surface area contributed by atoms with Crippen LogP contribution in [0, 0.1) is 25.2 Å². The van der Waals surface area contributed by atoms with Crippen LogP contribution in [0.1, 0.15) is 80.3 Å². The van der Waals surface area contributed by atoms with E-state index in [1.807, 2.05) is 78.9 Å². The molecular formula is C50H62N5O13PSi. The number of nitrogens with one attached hydrogen (secondary N) is 2. The molecule has 2 N–H and O–H groups in total. The minimum atomic E-state index is -2.42. The van der Waals surface area contributed by atoms with Crippen LogP contribution >= 0.6 is 8.60 Å². The van der Waals surface area contributed by atoms with Crippen LogP contribution in [0.2, 0.25) is 18.1 Å². The van der Waals surface area contributed by atoms with Crippen LogP contribution in [0.15, 0.2) is 110 Å². The van der Waals surface area contributed by atoms with Crippen LogP contribution in [0.4, 0.5) is 0 Å². The molecule has 2 aliphatic heterocycles. The Labute approximate surface area is 408 Å². The van der Waals surface area contributed by atoms with Gasteiger partial charge in [0.1, 0.15) is 41.8 Å². The first-order valence-electron chi connectivity index (χ1n) is 23.1. The third kappa shape index (κ3) is 11.6. The molecule has 0 aliphatic carbocycles. The van der Waals surface area contributed by atoms with Crippen molar-refractivity contribution in [3.05, 3.63) is 161 Å². The van der Waals surface area contributed by atoms with Crippen molar-refractivity contribution in [2.24, 2.45) is 0 Å². The fourth-order valence-electron chi connectivity index (χ4n) is 8.22. The largest absolute Gasteiger partial charge is 0.497 e. The SMILES string of the molecule is COc1ccc(C(OC[C@H]2O[C@@H](n3cc(C)c(=O)[nH]c3=O)C[C@@H]2O[P@@](OCCC#N)OC[C@H]2O[C@@H](n3cc(C)c(=O)[nH]c3=O)C[C@@H]2O[Si](C)(C)C(C)(C)C)(c2ccccc2)c2ccc(OC)cc2)cc1. The Balaban J connectivity index is 1.24. The quantitative estimate of drug-likeness (QED) is 0.0340. The molecule has 0 spiro atoms. The summed E-state index contributed by atoms with van der Waals surface area (Å²) in [5, 5.41) is 9.37. The van der Waals surface area contributed by atoms with Gasteiger partial charge in [0, 0.05) is 36.4 Å². The molecule has 3 aromatic carbocycles. The van der Waals surface area contributed by atoms with Crippen LogP contribution in [0.25, 0.3) is 0 Å². The number of ether oxygens (including phenoxy) is 5. The summed E-state index contributed by atoms with van der Waals surface area (Å²) in [6.45, 7) is 13.6. The van der Waals surface area contributed by atoms with Crippen molar-refractivity contribution in [2.75, 3.05) is 34.0 Å². The van der Waals surface area contributed by atoms with Gasteiger partial charge in [-0.05, 0) is 72.9 Å². The minimum absolute atomic E-state index is 0.0326. The zero-order valence-electron chi connectivity index (χ0n) is 41.0. The summed E-state index contributed by atoms with van der Waals surface area (Å²) in [5.74, 6) is 1.30. The lowest BCUT2D eigenvalue weighted by molar-refractivity contribution is -0.0939. The maximum absolute atomic E-state index is 13.4. The molecule has 18 nitrogen and oxygen atoms in total. The Morgan fingerprint density at radius 3 is 1.69 bits per heavy atom. The van der Waals surface area contributed by atoms with Crippen LogP contribution in [0.5, 0.6) is 11.5 Å². The van der Waals surface area contributed by atoms with Gasteiger partial charge in [0.2, 0.25) is 0 Å². The molecule has 2 aliphatic rings. The number of nitrogens with zero attached hydrogens (tertiary/aromatic N) is 3. The highest BCUT2D eigenvalue weighted by Gasteiger charge is 2.47. The number of aryl methyl sites for hydroxylation is 2. The van der Waals surface area contributed by atoms with Gasteiger partial charge < -0.3 is 41.7 Å². The number of methoxy groups -OCH3 is 2. The summed E-state index contributed by atoms with van der Waals surface area (Å²) >= 11 is 0. The predicted octanol–water partition coefficient (Wildman–Crippen LogP) is 7.25. The lowest BCUT2D eigenvalue weighted by Crippen LogP contribution is -2.46. The lowest BCUT2D eigenvalue weighted by atomic mass is 9.80. The molecule has 374 valence electrons. The van der Waals surface area contributed by atoms with Crippen molar-refractivity contribution in [1.29, 1.82) is 5.26 Å². The van der Waals surface area contributed by atoms with Crippen LogP contribution in [-0.2, 0) is 37.8 Å². The lowest BCUT2D eigenvalue weighted by Gasteiger charge is -2.39. The number of H-pyrrole nitrogens is 2. The molecule has 0 saturated carbocycles. The first-order valence-corrected chi connectivity index (χ1v) is 27.1. The molecule has 70 heavy (non-hydrogen) atoms. The van der Waals surface area contributed by atoms with E-state index >= 15 is 0 Å². The highest BCUT2D eigenvalue weighted by Crippen LogP contribution is 2.49. The van der Waals surface area contributed by atoms with Crippen molar-refractivity contribution >= 4 is 16.9 Å². The molecule has 2 saturated heterocycles. The molecule has 0 unspecified atom stereocenters. The fourth-order valence-corrected chi connectivity index (χ4v) is 10.7. The van der Waals surface area contributed by atoms with Gasteiger partial charge in [0.05, 0.1) is 58.7 Å². The predicted molar refractivity (Wildman–Crippen MR) is 263 cm³/mol. The second kappa shape index (κ2) is 22.3. The molecule has 2 aromatic heterocycles. The average Bonchev–Trinajstić information content (AvgIpc) is 3.93. The van der Waals surface area contributed by atoms with E-state index in [1.165, 1.54) is 21.5 Å². The Kier molecular flexibility index (Phi) is 16.6. The normalized spacial score (nSPS) is 21.1. The second-order valence-corrected chi connectivity index (χ2v) is 24.8. The molecule has 2 fully saturated rings. The number of rotatable bonds is 20. The number of aromatic amines is 2. The first kappa shape index (κ1) is 52.3. The van der Waals surface area contributed by atoms with E-state index in [0.717, 1.165) is 16.7 Å². The Morgan fingerprint density at radius 2 is 1.20 bits per heavy atom. The van der Waals surface area contributed by atoms with Gasteiger partial charge in [-0.2, -0.15) is 5.26 Å². The fraction of sp³-hybridized carbons (Fsp3) is 0.460. The van der Waals surface area contributed by atoms with Gasteiger partial charge in [-0.1, -0.05) is 75.4 Å². The highest BCUT2D eigenvalue weighted by atomic mass is 31.2. The highest BCUT2D eigenvalue weighted by molar-refractivity contribution is 7.41. The summed E-state index contributed by atoms with van der Waals surface area (Å²) in [5.41, 5.74) is -0.534. The molecule has 7 atom stereocenters. The molecule has 0 amide bonds. The van der Waals surface area contributed by atoms with E-state index in [0.29, 0.717) is 22.6 Å². The monoisotopic (exact) mass is 999 g/mol. The molecule has 0 bridgehead atoms. The van der Waals surface area contributed by atoms with Crippen LogP contribution in [0.3, 0.4) is 0 Å². The van der Waals surface area contributed by atoms with E-state index in [9.17, 15) is 24.4 Å². The third-order valence-corrected chi connectivity index (χ3v) is 18.8. The molecule has 0 radical (unpaired) electrons. The van der Waals surface area contributed by atoms with E-state index in [1.54, 1.807) is 28.1 Å². The summed E-state index contributed by atoms with van der Waals surface area (Å²) in [6, 6.07) is 27.0. The zero-order valence-corrected chi connectivity index (χ0v) is 42.9. The van der Waals surface area contributed by atoms with E-state index in [2.05, 4.69) is 49.9 Å². The van der Waals surface area contributed by atoms with Crippen molar-refractivity contribution in [3.63, 3.8) is 0 Å². The second-order valence-electron chi connectivity index (χ2n) is 18.8. The topological polar surface area (TPSA) is 217 Å². The van der Waals surface area contributed by atoms with Gasteiger partial charge in [0.25, 0.3) is 11.1 Å². The van der Waals surface area contributed by atoms with Gasteiger partial charge >= 0.3 is 20.0 Å². The van der Waals surface area contributed by atoms with E-state index in [-0.39, 0.29) is 44.1 Å². The number of hydrogen-bond donors (Lipinski definition) is 2. The molecular weight excluding hydrogens is 938 g/mol. The number of benzene rings is 3. The summed E-state index contributed by atoms with van der Waals surface area (Å²) in [4.78, 5) is 56.0. The van der Waals surface area contributed by atoms with E-state index in [4.69, 9.17) is 41.7 Å². The summed E-state index contributed by atoms with van der Waals surface area (Å²) < 4.78 is 60.6. The van der Waals surface area contributed by atoms with E-state index < -0.39 is 81.9 Å². The smallest absolute Gasteiger partial charge is 0.333 e. The summed E-state index contributed by atoms with van der Waals surface area (Å²) in [6.07, 6.45) is -1.35. The van der Waals surface area contributed by atoms with Crippen molar-refractivity contribution < 1.29 is 41.7 Å². The maximum atomic E-state index is 13.4. The van der Waals surface area contributed by atoms with Crippen LogP contribution in [-0.4, -0.2) is 85.9 Å². The third-order valence-electron chi connectivity index (χ3n) is 13.1. The number of nitriles is 1. The molecule has 5 aromatic rings. The van der Waals surface area contributed by atoms with Gasteiger partial charge in [0.15, 0.2) is 8.32 Å². The van der Waals surface area contributed by atoms with Crippen LogP contribution < -0.4 is 32.0 Å². The minimum Gasteiger partial charge on any atom is -0.497 e. The number of aromatic nitrogens is 4. The Morgan fingerprint density at radius 1 is 0.714 bits per heavy atom. The zero-order chi connectivity index (χ0) is 50.4. The molecule has 7 rings (SSSR count). The van der Waals surface area contributed by atoms with Gasteiger partial charge in [-0.3, -0.25) is 28.7 Å². The molecule has 20 heteroatoms. The molecule has 4 heterocycles. The number of hydrogen-bond acceptors (Lipinski definition) is 14. The average molecular weight is 1000 g/mol. The Hall–Kier alpha value is -5.52. The van der Waals surface area contributed by atoms with Gasteiger partial charge in [-0.15, -0.1) is 0 Å². The Bertz CT molecular complexity index is 2790.